The molecule has 1 aliphatic rings. The van der Waals surface area contributed by atoms with Crippen molar-refractivity contribution in [3.63, 3.8) is 0 Å². The van der Waals surface area contributed by atoms with Crippen LogP contribution in [0.5, 0.6) is 11.5 Å². The second-order valence-electron chi connectivity index (χ2n) is 9.35. The molecule has 0 saturated carbocycles. The molecular formula is C27H26F3N9O2. The van der Waals surface area contributed by atoms with Gasteiger partial charge in [0.2, 0.25) is 6.29 Å². The van der Waals surface area contributed by atoms with E-state index in [-0.39, 0.29) is 0 Å². The highest BCUT2D eigenvalue weighted by Gasteiger charge is 2.25. The van der Waals surface area contributed by atoms with Gasteiger partial charge in [0.15, 0.2) is 11.5 Å². The van der Waals surface area contributed by atoms with Crippen LogP contribution in [0.4, 0.5) is 30.5 Å². The number of piperazine rings is 1. The molecule has 1 fully saturated rings. The number of aromatic nitrogens is 6. The number of nitrogens with one attached hydrogen (secondary N) is 2. The number of alkyl halides is 3. The molecule has 5 heterocycles. The number of pyridine rings is 2. The van der Waals surface area contributed by atoms with Crippen LogP contribution in [0, 0.1) is 6.92 Å². The zero-order chi connectivity index (χ0) is 29.0. The molecule has 0 spiro atoms. The van der Waals surface area contributed by atoms with E-state index in [0.29, 0.717) is 17.6 Å². The molecule has 0 unspecified atom stereocenters. The number of nitrogens with zero attached hydrogens (tertiary/aromatic N) is 7. The minimum absolute atomic E-state index is 0.424. The largest absolute Gasteiger partial charge is 0.457 e. The molecule has 41 heavy (non-hydrogen) atoms. The first kappa shape index (κ1) is 27.7. The molecule has 0 aliphatic carbocycles. The second kappa shape index (κ2) is 11.7. The fourth-order valence-corrected chi connectivity index (χ4v) is 4.30. The minimum Gasteiger partial charge on any atom is -0.457 e. The number of fused-ring (bicyclic) bond motifs is 2. The van der Waals surface area contributed by atoms with Crippen molar-refractivity contribution in [1.29, 1.82) is 0 Å². The Balaban J connectivity index is 0.000000511. The smallest absolute Gasteiger partial charge is 0.446 e. The molecule has 212 valence electrons. The Labute approximate surface area is 232 Å². The summed E-state index contributed by atoms with van der Waals surface area (Å²) in [7, 11) is 0. The summed E-state index contributed by atoms with van der Waals surface area (Å²) in [5.41, 5.74) is 4.16. The van der Waals surface area contributed by atoms with Gasteiger partial charge in [-0.1, -0.05) is 0 Å². The Hall–Kier alpha value is -4.85. The van der Waals surface area contributed by atoms with E-state index in [2.05, 4.69) is 42.5 Å². The zero-order valence-corrected chi connectivity index (χ0v) is 22.1. The third kappa shape index (κ3) is 6.84. The number of benzene rings is 1. The van der Waals surface area contributed by atoms with Crippen molar-refractivity contribution in [2.45, 2.75) is 26.1 Å². The van der Waals surface area contributed by atoms with Gasteiger partial charge in [-0.2, -0.15) is 18.3 Å². The first-order valence-electron chi connectivity index (χ1n) is 12.7. The Bertz CT molecular complexity index is 1680. The Morgan fingerprint density at radius 1 is 1.10 bits per heavy atom. The van der Waals surface area contributed by atoms with Crippen LogP contribution in [0.3, 0.4) is 0 Å². The Morgan fingerprint density at radius 3 is 2.68 bits per heavy atom. The van der Waals surface area contributed by atoms with Gasteiger partial charge in [-0.25, -0.2) is 24.5 Å². The molecule has 0 bridgehead atoms. The van der Waals surface area contributed by atoms with Crippen molar-refractivity contribution in [3.05, 3.63) is 66.9 Å². The van der Waals surface area contributed by atoms with E-state index in [1.54, 1.807) is 10.8 Å². The number of anilines is 3. The molecule has 4 aromatic heterocycles. The van der Waals surface area contributed by atoms with Gasteiger partial charge in [0, 0.05) is 43.6 Å². The molecule has 0 radical (unpaired) electrons. The number of halogens is 3. The lowest BCUT2D eigenvalue weighted by molar-refractivity contribution is -0.156. The predicted octanol–water partition coefficient (Wildman–Crippen LogP) is 4.46. The summed E-state index contributed by atoms with van der Waals surface area (Å²) >= 11 is 0. The zero-order valence-electron chi connectivity index (χ0n) is 22.1. The molecule has 2 N–H and O–H groups in total. The average Bonchev–Trinajstić information content (AvgIpc) is 3.43. The Kier molecular flexibility index (Phi) is 7.92. The molecule has 6 rings (SSSR count). The summed E-state index contributed by atoms with van der Waals surface area (Å²) in [6, 6.07) is 14.1. The molecule has 11 nitrogen and oxygen atoms in total. The van der Waals surface area contributed by atoms with E-state index in [1.807, 2.05) is 55.6 Å². The molecule has 1 aliphatic heterocycles. The fourth-order valence-electron chi connectivity index (χ4n) is 4.30. The van der Waals surface area contributed by atoms with Crippen LogP contribution in [0.1, 0.15) is 12.5 Å². The van der Waals surface area contributed by atoms with Gasteiger partial charge < -0.3 is 20.3 Å². The first-order valence-corrected chi connectivity index (χ1v) is 12.7. The number of aldehydes is 1. The normalized spacial score (nSPS) is 15.3. The summed E-state index contributed by atoms with van der Waals surface area (Å²) in [6.07, 6.45) is -0.800. The fraction of sp³-hybridized carbons (Fsp3) is 0.259. The van der Waals surface area contributed by atoms with Crippen LogP contribution >= 0.6 is 0 Å². The quantitative estimate of drug-likeness (QED) is 0.296. The van der Waals surface area contributed by atoms with E-state index >= 15 is 0 Å². The molecule has 1 saturated heterocycles. The summed E-state index contributed by atoms with van der Waals surface area (Å²) in [5.74, 6) is 3.08. The van der Waals surface area contributed by atoms with E-state index in [9.17, 15) is 13.2 Å². The molecule has 0 amide bonds. The lowest BCUT2D eigenvalue weighted by Gasteiger charge is -2.32. The molecular weight excluding hydrogens is 539 g/mol. The summed E-state index contributed by atoms with van der Waals surface area (Å²) in [4.78, 5) is 29.0. The van der Waals surface area contributed by atoms with E-state index in [4.69, 9.17) is 14.5 Å². The summed E-state index contributed by atoms with van der Waals surface area (Å²) in [5, 5.41) is 11.0. The number of ether oxygens (including phenoxy) is 1. The highest BCUT2D eigenvalue weighted by molar-refractivity contribution is 5.88. The van der Waals surface area contributed by atoms with Crippen LogP contribution in [0.15, 0.2) is 61.3 Å². The van der Waals surface area contributed by atoms with Gasteiger partial charge in [-0.05, 0) is 55.8 Å². The first-order chi connectivity index (χ1) is 19.7. The standard InChI is InChI=1S/C25H25N9O.C2HF3O/c1-16-11-18(3-5-21(16)35-19-7-9-34-23(12-19)28-15-30-34)31-25-24-20(27-14-29-25)4-6-22(32-24)33-10-8-26-17(2)13-33;3-2(4,5)1-6/h3-7,9,11-12,14-15,17,26H,8,10,13H2,1-2H3,(H,27,29,31);1H/t17-;/m1./s1. The van der Waals surface area contributed by atoms with Gasteiger partial charge in [0.05, 0.1) is 5.52 Å². The third-order valence-electron chi connectivity index (χ3n) is 6.21. The van der Waals surface area contributed by atoms with Crippen molar-refractivity contribution in [2.75, 3.05) is 29.9 Å². The molecule has 1 atom stereocenters. The topological polar surface area (TPSA) is 122 Å². The second-order valence-corrected chi connectivity index (χ2v) is 9.35. The van der Waals surface area contributed by atoms with Crippen molar-refractivity contribution in [1.82, 2.24) is 34.9 Å². The van der Waals surface area contributed by atoms with E-state index in [0.717, 1.165) is 59.1 Å². The van der Waals surface area contributed by atoms with E-state index in [1.165, 1.54) is 6.33 Å². The maximum Gasteiger partial charge on any atom is 0.446 e. The van der Waals surface area contributed by atoms with Crippen molar-refractivity contribution < 1.29 is 22.7 Å². The lowest BCUT2D eigenvalue weighted by atomic mass is 10.2. The van der Waals surface area contributed by atoms with Gasteiger partial charge in [0.1, 0.15) is 35.5 Å². The van der Waals surface area contributed by atoms with Crippen LogP contribution < -0.4 is 20.3 Å². The monoisotopic (exact) mass is 565 g/mol. The third-order valence-corrected chi connectivity index (χ3v) is 6.21. The molecule has 14 heteroatoms. The maximum atomic E-state index is 10.4. The van der Waals surface area contributed by atoms with Crippen molar-refractivity contribution in [2.24, 2.45) is 0 Å². The number of carbonyl (C=O) groups is 1. The summed E-state index contributed by atoms with van der Waals surface area (Å²) in [6.45, 7) is 6.98. The maximum absolute atomic E-state index is 10.4. The van der Waals surface area contributed by atoms with Gasteiger partial charge in [-0.15, -0.1) is 0 Å². The van der Waals surface area contributed by atoms with Crippen LogP contribution in [-0.2, 0) is 4.79 Å². The molecule has 1 aromatic carbocycles. The highest BCUT2D eigenvalue weighted by atomic mass is 19.4. The number of rotatable bonds is 5. The minimum atomic E-state index is -4.64. The van der Waals surface area contributed by atoms with E-state index < -0.39 is 12.5 Å². The van der Waals surface area contributed by atoms with Crippen LogP contribution in [0.25, 0.3) is 16.7 Å². The summed E-state index contributed by atoms with van der Waals surface area (Å²) < 4.78 is 39.0. The number of carbonyl (C=O) groups excluding carboxylic acids is 1. The Morgan fingerprint density at radius 2 is 1.93 bits per heavy atom. The van der Waals surface area contributed by atoms with Gasteiger partial charge >= 0.3 is 6.18 Å². The lowest BCUT2D eigenvalue weighted by Crippen LogP contribution is -2.49. The van der Waals surface area contributed by atoms with Crippen molar-refractivity contribution >= 4 is 40.3 Å². The van der Waals surface area contributed by atoms with Crippen molar-refractivity contribution in [3.8, 4) is 11.5 Å². The molecule has 5 aromatic rings. The predicted molar refractivity (Wildman–Crippen MR) is 147 cm³/mol. The highest BCUT2D eigenvalue weighted by Crippen LogP contribution is 2.30. The number of hydrogen-bond acceptors (Lipinski definition) is 10. The SMILES string of the molecule is Cc1cc(Nc2ncnc3ccc(N4CCN[C@H](C)C4)nc23)ccc1Oc1ccn2ncnc2c1.O=CC(F)(F)F. The van der Waals surface area contributed by atoms with Crippen LogP contribution in [0.2, 0.25) is 0 Å². The van der Waals surface area contributed by atoms with Gasteiger partial charge in [0.25, 0.3) is 0 Å². The van der Waals surface area contributed by atoms with Crippen LogP contribution in [-0.4, -0.2) is 67.7 Å². The average molecular weight is 566 g/mol. The van der Waals surface area contributed by atoms with Gasteiger partial charge in [-0.3, -0.25) is 4.79 Å². The number of aryl methyl sites for hydroxylation is 1. The number of hydrogen-bond donors (Lipinski definition) is 2.